The average molecular weight is 436 g/mol. The van der Waals surface area contributed by atoms with E-state index in [1.807, 2.05) is 0 Å². The summed E-state index contributed by atoms with van der Waals surface area (Å²) in [4.78, 5) is 42.1. The van der Waals surface area contributed by atoms with Crippen LogP contribution in [0.2, 0.25) is 5.02 Å². The number of primary amides is 1. The number of nitrogens with one attached hydrogen (secondary N) is 2. The minimum absolute atomic E-state index is 0.0473. The van der Waals surface area contributed by atoms with Crippen molar-refractivity contribution < 1.29 is 14.4 Å². The molecule has 3 heterocycles. The Labute approximate surface area is 177 Å². The van der Waals surface area contributed by atoms with Gasteiger partial charge in [-0.05, 0) is 49.5 Å². The van der Waals surface area contributed by atoms with Crippen LogP contribution in [-0.2, 0) is 9.59 Å². The maximum absolute atomic E-state index is 12.4. The first-order chi connectivity index (χ1) is 13.9. The van der Waals surface area contributed by atoms with Crippen LogP contribution in [-0.4, -0.2) is 47.2 Å². The fourth-order valence-corrected chi connectivity index (χ4v) is 4.07. The van der Waals surface area contributed by atoms with Crippen LogP contribution < -0.4 is 16.4 Å². The molecule has 29 heavy (non-hydrogen) atoms. The van der Waals surface area contributed by atoms with E-state index in [2.05, 4.69) is 20.5 Å². The van der Waals surface area contributed by atoms with Crippen LogP contribution >= 0.6 is 22.9 Å². The largest absolute Gasteiger partial charge is 0.366 e. The number of likely N-dealkylation sites (tertiary alicyclic amines) is 1. The smallest absolute Gasteiger partial charge is 0.251 e. The molecule has 2 aromatic rings. The molecule has 8 nitrogen and oxygen atoms in total. The summed E-state index contributed by atoms with van der Waals surface area (Å²) in [5.41, 5.74) is 5.61. The van der Waals surface area contributed by atoms with E-state index in [1.165, 1.54) is 17.5 Å². The van der Waals surface area contributed by atoms with Crippen LogP contribution in [0.3, 0.4) is 0 Å². The Bertz CT molecular complexity index is 878. The Kier molecular flexibility index (Phi) is 7.18. The molecule has 0 spiro atoms. The number of nitrogens with two attached hydrogens (primary N) is 1. The number of thiophene rings is 1. The van der Waals surface area contributed by atoms with E-state index in [4.69, 9.17) is 17.3 Å². The van der Waals surface area contributed by atoms with Gasteiger partial charge >= 0.3 is 0 Å². The van der Waals surface area contributed by atoms with Gasteiger partial charge in [0.15, 0.2) is 0 Å². The van der Waals surface area contributed by atoms with E-state index in [0.29, 0.717) is 34.4 Å². The Hall–Kier alpha value is -2.49. The molecule has 3 amide bonds. The standard InChI is InChI=1S/C19H22ClN5O3S/c20-13-1-2-15(22-11-13)23-18(28)12-3-7-25(8-4-12)9-5-16(26)24-19-14(17(21)27)6-10-29-19/h1-2,6,10-12H,3-5,7-9H2,(H2,21,27)(H,24,26)(H,22,23,28). The second-order valence-electron chi connectivity index (χ2n) is 6.79. The molecule has 0 bridgehead atoms. The quantitative estimate of drug-likeness (QED) is 0.617. The van der Waals surface area contributed by atoms with Crippen LogP contribution in [0.15, 0.2) is 29.8 Å². The zero-order valence-electron chi connectivity index (χ0n) is 15.7. The van der Waals surface area contributed by atoms with Crippen molar-refractivity contribution in [2.45, 2.75) is 19.3 Å². The molecule has 1 aliphatic heterocycles. The lowest BCUT2D eigenvalue weighted by atomic mass is 9.96. The van der Waals surface area contributed by atoms with Gasteiger partial charge in [-0.3, -0.25) is 14.4 Å². The molecule has 4 N–H and O–H groups in total. The van der Waals surface area contributed by atoms with Crippen LogP contribution in [0.25, 0.3) is 0 Å². The fraction of sp³-hybridized carbons (Fsp3) is 0.368. The monoisotopic (exact) mass is 435 g/mol. The fourth-order valence-electron chi connectivity index (χ4n) is 3.15. The lowest BCUT2D eigenvalue weighted by Crippen LogP contribution is -2.39. The number of pyridine rings is 1. The minimum atomic E-state index is -0.560. The summed E-state index contributed by atoms with van der Waals surface area (Å²) in [5.74, 6) is -0.363. The molecular formula is C19H22ClN5O3S. The van der Waals surface area contributed by atoms with Crippen molar-refractivity contribution in [1.82, 2.24) is 9.88 Å². The predicted molar refractivity (Wildman–Crippen MR) is 113 cm³/mol. The number of carbonyl (C=O) groups excluding carboxylic acids is 3. The summed E-state index contributed by atoms with van der Waals surface area (Å²) < 4.78 is 0. The lowest BCUT2D eigenvalue weighted by Gasteiger charge is -2.31. The summed E-state index contributed by atoms with van der Waals surface area (Å²) in [6.07, 6.45) is 3.24. The van der Waals surface area contributed by atoms with Gasteiger partial charge in [0.1, 0.15) is 10.8 Å². The van der Waals surface area contributed by atoms with Gasteiger partial charge in [0.2, 0.25) is 11.8 Å². The van der Waals surface area contributed by atoms with E-state index < -0.39 is 5.91 Å². The SMILES string of the molecule is NC(=O)c1ccsc1NC(=O)CCN1CCC(C(=O)Nc2ccc(Cl)cn2)CC1. The van der Waals surface area contributed by atoms with Gasteiger partial charge in [-0.2, -0.15) is 0 Å². The van der Waals surface area contributed by atoms with Crippen molar-refractivity contribution in [1.29, 1.82) is 0 Å². The second kappa shape index (κ2) is 9.82. The Morgan fingerprint density at radius 2 is 1.97 bits per heavy atom. The normalized spacial score (nSPS) is 15.1. The van der Waals surface area contributed by atoms with Crippen LogP contribution in [0.5, 0.6) is 0 Å². The zero-order chi connectivity index (χ0) is 20.8. The van der Waals surface area contributed by atoms with E-state index in [1.54, 1.807) is 23.6 Å². The molecule has 0 saturated carbocycles. The molecule has 0 radical (unpaired) electrons. The number of halogens is 1. The summed E-state index contributed by atoms with van der Waals surface area (Å²) in [6.45, 7) is 2.08. The molecule has 154 valence electrons. The third-order valence-electron chi connectivity index (χ3n) is 4.78. The van der Waals surface area contributed by atoms with Crippen molar-refractivity contribution in [3.63, 3.8) is 0 Å². The molecule has 0 aliphatic carbocycles. The van der Waals surface area contributed by atoms with E-state index in [-0.39, 0.29) is 17.7 Å². The number of carbonyl (C=O) groups is 3. The number of nitrogens with zero attached hydrogens (tertiary/aromatic N) is 2. The Morgan fingerprint density at radius 3 is 2.62 bits per heavy atom. The molecule has 0 aromatic carbocycles. The molecule has 3 rings (SSSR count). The predicted octanol–water partition coefficient (Wildman–Crippen LogP) is 2.57. The van der Waals surface area contributed by atoms with Crippen LogP contribution in [0.1, 0.15) is 29.6 Å². The Morgan fingerprint density at radius 1 is 1.21 bits per heavy atom. The number of aromatic nitrogens is 1. The highest BCUT2D eigenvalue weighted by atomic mass is 35.5. The molecule has 1 fully saturated rings. The van der Waals surface area contributed by atoms with Crippen LogP contribution in [0, 0.1) is 5.92 Å². The van der Waals surface area contributed by atoms with Gasteiger partial charge in [-0.15, -0.1) is 11.3 Å². The van der Waals surface area contributed by atoms with Gasteiger partial charge in [0.25, 0.3) is 5.91 Å². The van der Waals surface area contributed by atoms with Crippen molar-refractivity contribution in [3.8, 4) is 0 Å². The maximum Gasteiger partial charge on any atom is 0.251 e. The maximum atomic E-state index is 12.4. The first-order valence-corrected chi connectivity index (χ1v) is 10.5. The molecule has 1 aliphatic rings. The number of piperidine rings is 1. The number of anilines is 2. The topological polar surface area (TPSA) is 117 Å². The van der Waals surface area contributed by atoms with E-state index in [0.717, 1.165) is 25.9 Å². The van der Waals surface area contributed by atoms with Crippen molar-refractivity contribution in [3.05, 3.63) is 40.4 Å². The lowest BCUT2D eigenvalue weighted by molar-refractivity contribution is -0.121. The van der Waals surface area contributed by atoms with E-state index in [9.17, 15) is 14.4 Å². The van der Waals surface area contributed by atoms with Crippen LogP contribution in [0.4, 0.5) is 10.8 Å². The summed E-state index contributed by atoms with van der Waals surface area (Å²) in [7, 11) is 0. The number of hydrogen-bond donors (Lipinski definition) is 3. The molecule has 0 atom stereocenters. The van der Waals surface area contributed by atoms with Gasteiger partial charge in [0.05, 0.1) is 10.6 Å². The average Bonchev–Trinajstić information content (AvgIpc) is 3.17. The van der Waals surface area contributed by atoms with E-state index >= 15 is 0 Å². The molecule has 1 saturated heterocycles. The molecule has 2 aromatic heterocycles. The summed E-state index contributed by atoms with van der Waals surface area (Å²) >= 11 is 7.07. The third-order valence-corrected chi connectivity index (χ3v) is 5.83. The van der Waals surface area contributed by atoms with Gasteiger partial charge in [0, 0.05) is 25.1 Å². The highest BCUT2D eigenvalue weighted by Gasteiger charge is 2.25. The van der Waals surface area contributed by atoms with Gasteiger partial charge < -0.3 is 21.3 Å². The number of amides is 3. The van der Waals surface area contributed by atoms with Crippen molar-refractivity contribution >= 4 is 51.5 Å². The zero-order valence-corrected chi connectivity index (χ0v) is 17.3. The first kappa shape index (κ1) is 21.2. The highest BCUT2D eigenvalue weighted by molar-refractivity contribution is 7.14. The molecule has 10 heteroatoms. The third kappa shape index (κ3) is 5.99. The summed E-state index contributed by atoms with van der Waals surface area (Å²) in [5, 5.41) is 8.27. The highest BCUT2D eigenvalue weighted by Crippen LogP contribution is 2.23. The molecular weight excluding hydrogens is 414 g/mol. The minimum Gasteiger partial charge on any atom is -0.366 e. The second-order valence-corrected chi connectivity index (χ2v) is 8.15. The van der Waals surface area contributed by atoms with Gasteiger partial charge in [-0.25, -0.2) is 4.98 Å². The number of hydrogen-bond acceptors (Lipinski definition) is 6. The number of rotatable bonds is 7. The summed E-state index contributed by atoms with van der Waals surface area (Å²) in [6, 6.07) is 4.95. The van der Waals surface area contributed by atoms with Crippen molar-refractivity contribution in [2.24, 2.45) is 11.7 Å². The Balaban J connectivity index is 1.39. The first-order valence-electron chi connectivity index (χ1n) is 9.24. The van der Waals surface area contributed by atoms with Gasteiger partial charge in [-0.1, -0.05) is 11.6 Å². The molecule has 0 unspecified atom stereocenters. The van der Waals surface area contributed by atoms with Crippen molar-refractivity contribution in [2.75, 3.05) is 30.3 Å².